The lowest BCUT2D eigenvalue weighted by atomic mass is 9.81. The first-order chi connectivity index (χ1) is 8.79. The first kappa shape index (κ1) is 16.2. The molecule has 0 fully saturated rings. The molecule has 2 atom stereocenters. The highest BCUT2D eigenvalue weighted by Crippen LogP contribution is 2.33. The summed E-state index contributed by atoms with van der Waals surface area (Å²) in [7, 11) is 1.66. The van der Waals surface area contributed by atoms with E-state index in [9.17, 15) is 5.11 Å². The predicted octanol–water partition coefficient (Wildman–Crippen LogP) is 4.01. The quantitative estimate of drug-likeness (QED) is 0.870. The molecule has 0 bridgehead atoms. The van der Waals surface area contributed by atoms with E-state index in [1.165, 1.54) is 5.56 Å². The normalized spacial score (nSPS) is 17.0. The molecule has 2 nitrogen and oxygen atoms in total. The third-order valence-corrected chi connectivity index (χ3v) is 3.98. The Morgan fingerprint density at radius 1 is 1.05 bits per heavy atom. The molecule has 108 valence electrons. The first-order valence-corrected chi connectivity index (χ1v) is 7.15. The van der Waals surface area contributed by atoms with Crippen molar-refractivity contribution >= 4 is 0 Å². The van der Waals surface area contributed by atoms with Crippen LogP contribution >= 0.6 is 0 Å². The minimum atomic E-state index is -0.903. The van der Waals surface area contributed by atoms with Gasteiger partial charge in [-0.05, 0) is 29.4 Å². The molecule has 0 saturated carbocycles. The molecule has 1 unspecified atom stereocenters. The highest BCUT2D eigenvalue weighted by Gasteiger charge is 2.36. The van der Waals surface area contributed by atoms with Crippen molar-refractivity contribution in [3.8, 4) is 0 Å². The number of benzene rings is 1. The van der Waals surface area contributed by atoms with Crippen molar-refractivity contribution in [2.75, 3.05) is 7.11 Å². The van der Waals surface area contributed by atoms with Crippen LogP contribution in [0.1, 0.15) is 58.6 Å². The van der Waals surface area contributed by atoms with Gasteiger partial charge < -0.3 is 9.84 Å². The minimum absolute atomic E-state index is 0.133. The van der Waals surface area contributed by atoms with E-state index in [1.54, 1.807) is 7.11 Å². The van der Waals surface area contributed by atoms with Gasteiger partial charge in [-0.25, -0.2) is 0 Å². The molecule has 0 aliphatic carbocycles. The summed E-state index contributed by atoms with van der Waals surface area (Å²) in [6.07, 6.45) is 1.27. The highest BCUT2D eigenvalue weighted by molar-refractivity contribution is 5.31. The van der Waals surface area contributed by atoms with Crippen molar-refractivity contribution < 1.29 is 9.84 Å². The van der Waals surface area contributed by atoms with Crippen molar-refractivity contribution in [3.63, 3.8) is 0 Å². The average Bonchev–Trinajstić information content (AvgIpc) is 2.39. The van der Waals surface area contributed by atoms with Crippen LogP contribution in [0.3, 0.4) is 0 Å². The van der Waals surface area contributed by atoms with Crippen LogP contribution in [0.5, 0.6) is 0 Å². The predicted molar refractivity (Wildman–Crippen MR) is 80.4 cm³/mol. The molecule has 0 aromatic heterocycles. The molecule has 0 aliphatic rings. The topological polar surface area (TPSA) is 29.5 Å². The third kappa shape index (κ3) is 3.37. The van der Waals surface area contributed by atoms with Gasteiger partial charge in [-0.15, -0.1) is 0 Å². The maximum atomic E-state index is 10.9. The zero-order valence-electron chi connectivity index (χ0n) is 13.2. The van der Waals surface area contributed by atoms with E-state index in [2.05, 4.69) is 32.9 Å². The van der Waals surface area contributed by atoms with Crippen LogP contribution in [-0.4, -0.2) is 18.3 Å². The molecule has 19 heavy (non-hydrogen) atoms. The monoisotopic (exact) mass is 264 g/mol. The molecule has 0 radical (unpaired) electrons. The Morgan fingerprint density at radius 2 is 1.53 bits per heavy atom. The van der Waals surface area contributed by atoms with Crippen LogP contribution in [0.15, 0.2) is 24.3 Å². The van der Waals surface area contributed by atoms with Gasteiger partial charge in [0.1, 0.15) is 5.60 Å². The summed E-state index contributed by atoms with van der Waals surface area (Å²) >= 11 is 0. The number of rotatable bonds is 5. The van der Waals surface area contributed by atoms with Gasteiger partial charge in [0.25, 0.3) is 0 Å². The highest BCUT2D eigenvalue weighted by atomic mass is 16.5. The molecule has 0 amide bonds. The van der Waals surface area contributed by atoms with E-state index < -0.39 is 5.60 Å². The zero-order chi connectivity index (χ0) is 14.7. The number of hydrogen-bond donors (Lipinski definition) is 1. The fourth-order valence-corrected chi connectivity index (χ4v) is 2.58. The van der Waals surface area contributed by atoms with Crippen LogP contribution in [0.25, 0.3) is 0 Å². The largest absolute Gasteiger partial charge is 0.382 e. The van der Waals surface area contributed by atoms with Gasteiger partial charge in [0.05, 0.1) is 6.10 Å². The fraction of sp³-hybridized carbons (Fsp3) is 0.647. The Labute approximate surface area is 117 Å². The SMILES string of the molecule is CC[C@@H](OC)C(O)(CC)c1ccc(C(C)(C)C)cc1. The second-order valence-electron chi connectivity index (χ2n) is 6.24. The molecule has 2 heteroatoms. The number of aliphatic hydroxyl groups is 1. The molecule has 0 aliphatic heterocycles. The smallest absolute Gasteiger partial charge is 0.115 e. The van der Waals surface area contributed by atoms with E-state index in [0.29, 0.717) is 6.42 Å². The summed E-state index contributed by atoms with van der Waals surface area (Å²) in [5.41, 5.74) is 1.45. The number of ether oxygens (including phenoxy) is 1. The van der Waals surface area contributed by atoms with Crippen LogP contribution in [0, 0.1) is 0 Å². The van der Waals surface area contributed by atoms with Gasteiger partial charge >= 0.3 is 0 Å². The van der Waals surface area contributed by atoms with Crippen molar-refractivity contribution in [1.29, 1.82) is 0 Å². The lowest BCUT2D eigenvalue weighted by molar-refractivity contribution is -0.103. The Bertz CT molecular complexity index is 385. The van der Waals surface area contributed by atoms with Crippen LogP contribution in [-0.2, 0) is 15.8 Å². The van der Waals surface area contributed by atoms with Gasteiger partial charge in [-0.3, -0.25) is 0 Å². The molecule has 1 aromatic rings. The number of hydrogen-bond acceptors (Lipinski definition) is 2. The molecule has 1 N–H and O–H groups in total. The number of methoxy groups -OCH3 is 1. The van der Waals surface area contributed by atoms with Gasteiger partial charge in [0, 0.05) is 7.11 Å². The van der Waals surface area contributed by atoms with Gasteiger partial charge in [-0.2, -0.15) is 0 Å². The maximum Gasteiger partial charge on any atom is 0.115 e. The van der Waals surface area contributed by atoms with Crippen LogP contribution in [0.4, 0.5) is 0 Å². The summed E-state index contributed by atoms with van der Waals surface area (Å²) in [5.74, 6) is 0. The summed E-state index contributed by atoms with van der Waals surface area (Å²) in [4.78, 5) is 0. The average molecular weight is 264 g/mol. The lowest BCUT2D eigenvalue weighted by Gasteiger charge is -2.35. The standard InChI is InChI=1S/C17H28O2/c1-7-15(19-6)17(18,8-2)14-11-9-13(10-12-14)16(3,4)5/h9-12,15,18H,7-8H2,1-6H3/t15-,17?/m1/s1. The van der Waals surface area contributed by atoms with Crippen molar-refractivity contribution in [3.05, 3.63) is 35.4 Å². The van der Waals surface area contributed by atoms with Crippen molar-refractivity contribution in [1.82, 2.24) is 0 Å². The van der Waals surface area contributed by atoms with Gasteiger partial charge in [0.15, 0.2) is 0 Å². The maximum absolute atomic E-state index is 10.9. The van der Waals surface area contributed by atoms with Crippen molar-refractivity contribution in [2.45, 2.75) is 64.6 Å². The van der Waals surface area contributed by atoms with Crippen LogP contribution in [0.2, 0.25) is 0 Å². The zero-order valence-corrected chi connectivity index (χ0v) is 13.2. The minimum Gasteiger partial charge on any atom is -0.382 e. The van der Waals surface area contributed by atoms with Crippen molar-refractivity contribution in [2.24, 2.45) is 0 Å². The van der Waals surface area contributed by atoms with Crippen LogP contribution < -0.4 is 0 Å². The second kappa shape index (κ2) is 6.06. The molecule has 0 saturated heterocycles. The lowest BCUT2D eigenvalue weighted by Crippen LogP contribution is -2.40. The Balaban J connectivity index is 3.13. The third-order valence-electron chi connectivity index (χ3n) is 3.98. The van der Waals surface area contributed by atoms with E-state index in [1.807, 2.05) is 26.0 Å². The summed E-state index contributed by atoms with van der Waals surface area (Å²) < 4.78 is 5.46. The Morgan fingerprint density at radius 3 is 1.84 bits per heavy atom. The molecular formula is C17H28O2. The second-order valence-corrected chi connectivity index (χ2v) is 6.24. The Kier molecular flexibility index (Phi) is 5.17. The molecule has 0 spiro atoms. The van der Waals surface area contributed by atoms with E-state index in [-0.39, 0.29) is 11.5 Å². The fourth-order valence-electron chi connectivity index (χ4n) is 2.58. The van der Waals surface area contributed by atoms with Gasteiger partial charge in [-0.1, -0.05) is 58.9 Å². The molecule has 1 rings (SSSR count). The first-order valence-electron chi connectivity index (χ1n) is 7.15. The Hall–Kier alpha value is -0.860. The van der Waals surface area contributed by atoms with E-state index in [4.69, 9.17) is 4.74 Å². The summed E-state index contributed by atoms with van der Waals surface area (Å²) in [5, 5.41) is 10.9. The molecule has 1 aromatic carbocycles. The van der Waals surface area contributed by atoms with Gasteiger partial charge in [0.2, 0.25) is 0 Å². The van der Waals surface area contributed by atoms with E-state index in [0.717, 1.165) is 12.0 Å². The molecular weight excluding hydrogens is 236 g/mol. The molecule has 0 heterocycles. The summed E-state index contributed by atoms with van der Waals surface area (Å²) in [6.45, 7) is 10.6. The summed E-state index contributed by atoms with van der Waals surface area (Å²) in [6, 6.07) is 8.29. The van der Waals surface area contributed by atoms with E-state index >= 15 is 0 Å².